The van der Waals surface area contributed by atoms with Crippen molar-refractivity contribution in [2.45, 2.75) is 277 Å². The van der Waals surface area contributed by atoms with Gasteiger partial charge in [0.25, 0.3) is 0 Å². The maximum Gasteiger partial charge on any atom is 0.306 e. The largest absolute Gasteiger partial charge is 0.545 e. The summed E-state index contributed by atoms with van der Waals surface area (Å²) in [5, 5.41) is 11.7. The molecule has 9 nitrogen and oxygen atoms in total. The number of rotatable bonds is 52. The number of carboxylic acids is 1. The fourth-order valence-electron chi connectivity index (χ4n) is 8.10. The molecule has 0 aromatic heterocycles. The van der Waals surface area contributed by atoms with Crippen LogP contribution in [-0.2, 0) is 33.3 Å². The second kappa shape index (κ2) is 49.2. The molecule has 0 radical (unpaired) electrons. The third-order valence-electron chi connectivity index (χ3n) is 12.5. The number of carbonyl (C=O) groups is 3. The first-order valence-electron chi connectivity index (χ1n) is 28.0. The fourth-order valence-corrected chi connectivity index (χ4v) is 8.10. The molecule has 0 N–H and O–H groups in total. The Morgan fingerprint density at radius 1 is 0.455 bits per heavy atom. The average molecular weight is 934 g/mol. The number of quaternary nitrogens is 1. The Bertz CT molecular complexity index is 1130. The first-order chi connectivity index (χ1) is 32.1. The number of hydrogen-bond donors (Lipinski definition) is 0. The summed E-state index contributed by atoms with van der Waals surface area (Å²) in [5.74, 6) is -2.29. The molecule has 0 aliphatic rings. The quantitative estimate of drug-likeness (QED) is 0.0195. The van der Waals surface area contributed by atoms with Crippen molar-refractivity contribution in [1.82, 2.24) is 0 Å². The molecule has 388 valence electrons. The Morgan fingerprint density at radius 3 is 1.23 bits per heavy atom. The van der Waals surface area contributed by atoms with Crippen LogP contribution in [0.3, 0.4) is 0 Å². The molecule has 0 amide bonds. The van der Waals surface area contributed by atoms with Crippen molar-refractivity contribution in [2.75, 3.05) is 47.5 Å². The highest BCUT2D eigenvalue weighted by atomic mass is 16.7. The number of aliphatic carboxylic acids is 1. The van der Waals surface area contributed by atoms with Crippen LogP contribution in [0.25, 0.3) is 0 Å². The summed E-state index contributed by atoms with van der Waals surface area (Å²) in [6, 6.07) is 0. The zero-order chi connectivity index (χ0) is 48.4. The number of unbranched alkanes of at least 4 members (excludes halogenated alkanes) is 33. The van der Waals surface area contributed by atoms with Crippen LogP contribution in [0.5, 0.6) is 0 Å². The van der Waals surface area contributed by atoms with E-state index in [0.29, 0.717) is 23.9 Å². The van der Waals surface area contributed by atoms with E-state index in [1.165, 1.54) is 173 Å². The van der Waals surface area contributed by atoms with Gasteiger partial charge in [0, 0.05) is 12.8 Å². The van der Waals surface area contributed by atoms with Crippen molar-refractivity contribution >= 4 is 17.9 Å². The molecule has 0 rings (SSSR count). The third-order valence-corrected chi connectivity index (χ3v) is 12.5. The topological polar surface area (TPSA) is 111 Å². The molecule has 0 saturated heterocycles. The Balaban J connectivity index is 4.17. The predicted molar refractivity (Wildman–Crippen MR) is 274 cm³/mol. The second-order valence-electron chi connectivity index (χ2n) is 20.2. The monoisotopic (exact) mass is 934 g/mol. The number of esters is 2. The molecule has 66 heavy (non-hydrogen) atoms. The van der Waals surface area contributed by atoms with Gasteiger partial charge in [0.05, 0.1) is 40.3 Å². The Kier molecular flexibility index (Phi) is 47.5. The van der Waals surface area contributed by atoms with E-state index in [2.05, 4.69) is 38.2 Å². The highest BCUT2D eigenvalue weighted by Crippen LogP contribution is 2.17. The van der Waals surface area contributed by atoms with Gasteiger partial charge in [-0.3, -0.25) is 9.59 Å². The lowest BCUT2D eigenvalue weighted by molar-refractivity contribution is -0.870. The van der Waals surface area contributed by atoms with Gasteiger partial charge in [-0.2, -0.15) is 0 Å². The maximum absolute atomic E-state index is 12.8. The molecular weight excluding hydrogens is 827 g/mol. The van der Waals surface area contributed by atoms with Gasteiger partial charge < -0.3 is 33.3 Å². The van der Waals surface area contributed by atoms with Crippen LogP contribution in [0.1, 0.15) is 264 Å². The summed E-state index contributed by atoms with van der Waals surface area (Å²) in [5.41, 5.74) is 0. The van der Waals surface area contributed by atoms with E-state index in [4.69, 9.17) is 18.9 Å². The molecule has 0 fully saturated rings. The first kappa shape index (κ1) is 63.8. The Labute approximate surface area is 407 Å². The van der Waals surface area contributed by atoms with Gasteiger partial charge in [-0.15, -0.1) is 0 Å². The van der Waals surface area contributed by atoms with Gasteiger partial charge in [-0.25, -0.2) is 0 Å². The van der Waals surface area contributed by atoms with Crippen molar-refractivity contribution in [3.63, 3.8) is 0 Å². The Morgan fingerprint density at radius 2 is 0.818 bits per heavy atom. The normalized spacial score (nSPS) is 12.9. The van der Waals surface area contributed by atoms with Crippen molar-refractivity contribution in [2.24, 2.45) is 0 Å². The SMILES string of the molecule is CCCCC/C=C\C/C=C\CCCCCCCC(=O)OC(COC(=O)CCCCCCCCCCCCCCCCCCCCCCCCCCCC)COC(OCC[N+](C)(C)C)C(=O)[O-]. The maximum atomic E-state index is 12.8. The van der Waals surface area contributed by atoms with Gasteiger partial charge in [-0.1, -0.05) is 231 Å². The van der Waals surface area contributed by atoms with Gasteiger partial charge in [0.2, 0.25) is 0 Å². The zero-order valence-electron chi connectivity index (χ0n) is 44.1. The lowest BCUT2D eigenvalue weighted by Crippen LogP contribution is -2.44. The highest BCUT2D eigenvalue weighted by molar-refractivity contribution is 5.70. The number of nitrogens with zero attached hydrogens (tertiary/aromatic N) is 1. The predicted octanol–water partition coefficient (Wildman–Crippen LogP) is 14.6. The number of carbonyl (C=O) groups excluding carboxylic acids is 3. The summed E-state index contributed by atoms with van der Waals surface area (Å²) in [4.78, 5) is 37.2. The van der Waals surface area contributed by atoms with Crippen molar-refractivity contribution in [3.8, 4) is 0 Å². The molecule has 0 spiro atoms. The van der Waals surface area contributed by atoms with Crippen LogP contribution in [0.4, 0.5) is 0 Å². The minimum Gasteiger partial charge on any atom is -0.545 e. The minimum absolute atomic E-state index is 0.147. The summed E-state index contributed by atoms with van der Waals surface area (Å²) in [6.45, 7) is 4.74. The van der Waals surface area contributed by atoms with Gasteiger partial charge in [-0.05, 0) is 44.9 Å². The van der Waals surface area contributed by atoms with Gasteiger partial charge in [0.1, 0.15) is 13.2 Å². The molecule has 0 saturated carbocycles. The number of hydrogen-bond acceptors (Lipinski definition) is 8. The molecule has 0 aromatic rings. The van der Waals surface area contributed by atoms with Gasteiger partial charge >= 0.3 is 11.9 Å². The van der Waals surface area contributed by atoms with E-state index in [-0.39, 0.29) is 32.2 Å². The number of allylic oxidation sites excluding steroid dienone is 4. The number of carboxylic acid groups (broad SMARTS) is 1. The summed E-state index contributed by atoms with van der Waals surface area (Å²) >= 11 is 0. The molecule has 0 heterocycles. The van der Waals surface area contributed by atoms with Crippen LogP contribution in [0.15, 0.2) is 24.3 Å². The number of ether oxygens (including phenoxy) is 4. The first-order valence-corrected chi connectivity index (χ1v) is 28.0. The Hall–Kier alpha value is -2.23. The van der Waals surface area contributed by atoms with E-state index >= 15 is 0 Å². The summed E-state index contributed by atoms with van der Waals surface area (Å²) in [7, 11) is 5.92. The zero-order valence-corrected chi connectivity index (χ0v) is 44.1. The molecule has 2 unspecified atom stereocenters. The van der Waals surface area contributed by atoms with E-state index < -0.39 is 24.3 Å². The van der Waals surface area contributed by atoms with E-state index in [1.54, 1.807) is 0 Å². The molecule has 0 aliphatic carbocycles. The van der Waals surface area contributed by atoms with Gasteiger partial charge in [0.15, 0.2) is 12.4 Å². The van der Waals surface area contributed by atoms with E-state index in [9.17, 15) is 19.5 Å². The van der Waals surface area contributed by atoms with Crippen molar-refractivity contribution < 1.29 is 42.9 Å². The smallest absolute Gasteiger partial charge is 0.306 e. The van der Waals surface area contributed by atoms with Crippen LogP contribution < -0.4 is 5.11 Å². The van der Waals surface area contributed by atoms with Crippen LogP contribution in [-0.4, -0.2) is 82.3 Å². The van der Waals surface area contributed by atoms with Crippen molar-refractivity contribution in [3.05, 3.63) is 24.3 Å². The average Bonchev–Trinajstić information content (AvgIpc) is 3.28. The molecule has 0 bridgehead atoms. The molecule has 9 heteroatoms. The van der Waals surface area contributed by atoms with Crippen molar-refractivity contribution in [1.29, 1.82) is 0 Å². The molecular formula is C57H107NO8. The highest BCUT2D eigenvalue weighted by Gasteiger charge is 2.22. The van der Waals surface area contributed by atoms with E-state index in [0.717, 1.165) is 57.8 Å². The lowest BCUT2D eigenvalue weighted by Gasteiger charge is -2.26. The summed E-state index contributed by atoms with van der Waals surface area (Å²) < 4.78 is 22.6. The minimum atomic E-state index is -1.62. The van der Waals surface area contributed by atoms with E-state index in [1.807, 2.05) is 21.1 Å². The molecule has 0 aromatic carbocycles. The molecule has 0 aliphatic heterocycles. The fraction of sp³-hybridized carbons (Fsp3) is 0.877. The standard InChI is InChI=1S/C57H107NO8/c1-6-8-10-12-14-16-18-20-22-23-24-25-26-27-28-29-30-31-32-34-35-37-39-41-43-45-47-54(59)64-51-53(52-65-57(56(61)62)63-50-49-58(3,4)5)66-55(60)48-46-44-42-40-38-36-33-21-19-17-15-13-11-9-7-2/h15,17,21,33,53,57H,6-14,16,18-20,22-32,34-52H2,1-5H3/b17-15-,33-21-. The molecule has 2 atom stereocenters. The van der Waals surface area contributed by atoms with Crippen LogP contribution in [0.2, 0.25) is 0 Å². The van der Waals surface area contributed by atoms with Crippen LogP contribution in [0, 0.1) is 0 Å². The third kappa shape index (κ3) is 49.7. The van der Waals surface area contributed by atoms with Crippen LogP contribution >= 0.6 is 0 Å². The summed E-state index contributed by atoms with van der Waals surface area (Å²) in [6.07, 6.45) is 53.7. The second-order valence-corrected chi connectivity index (χ2v) is 20.2. The lowest BCUT2D eigenvalue weighted by atomic mass is 10.0. The number of likely N-dealkylation sites (N-methyl/N-ethyl adjacent to an activating group) is 1.